The summed E-state index contributed by atoms with van der Waals surface area (Å²) in [5, 5.41) is 7.50. The van der Waals surface area contributed by atoms with Crippen molar-refractivity contribution in [3.05, 3.63) is 47.5 Å². The standard InChI is InChI=1S/C36H47F3N6O8/c1-5-6-7-8-11-30(46)41-26(15-22-13-23(37)16-24(38)14-22)32(48)42-27-19-53-36(52)29-17-25(39)18-45(29)33(49)20(2)40-31(47)21(3)43(4)35(51)28-10-9-12-44(28)34(27)50/h8,11,13-14,16,20-21,25-29H,5-7,9-10,12,15,17-19H2,1-4H3,(H,40,47)(H,41,46)(H,42,48)/b11-8+/t20-,21-,25-,26+,27-,28-,29-/m0/s1. The van der Waals surface area contributed by atoms with Crippen LogP contribution < -0.4 is 16.0 Å². The van der Waals surface area contributed by atoms with Gasteiger partial charge in [0.2, 0.25) is 35.4 Å². The van der Waals surface area contributed by atoms with Crippen molar-refractivity contribution in [2.75, 3.05) is 26.7 Å². The van der Waals surface area contributed by atoms with Gasteiger partial charge in [0, 0.05) is 32.5 Å². The molecule has 14 nitrogen and oxygen atoms in total. The Morgan fingerprint density at radius 1 is 1.02 bits per heavy atom. The van der Waals surface area contributed by atoms with Gasteiger partial charge in [-0.1, -0.05) is 25.8 Å². The molecule has 0 saturated carbocycles. The van der Waals surface area contributed by atoms with E-state index in [0.29, 0.717) is 18.9 Å². The number of likely N-dealkylation sites (N-methyl/N-ethyl adjacent to an activating group) is 1. The highest BCUT2D eigenvalue weighted by molar-refractivity contribution is 5.98. The van der Waals surface area contributed by atoms with Gasteiger partial charge in [-0.25, -0.2) is 18.0 Å². The van der Waals surface area contributed by atoms with E-state index in [9.17, 15) is 46.7 Å². The number of hydrogen-bond donors (Lipinski definition) is 3. The second-order valence-electron chi connectivity index (χ2n) is 13.7. The third-order valence-corrected chi connectivity index (χ3v) is 9.66. The van der Waals surface area contributed by atoms with E-state index >= 15 is 0 Å². The normalized spacial score (nSPS) is 26.6. The molecule has 3 saturated heterocycles. The Labute approximate surface area is 305 Å². The number of fused-ring (bicyclic) bond motifs is 2. The molecule has 53 heavy (non-hydrogen) atoms. The number of ether oxygens (including phenoxy) is 1. The van der Waals surface area contributed by atoms with E-state index in [1.807, 2.05) is 6.92 Å². The van der Waals surface area contributed by atoms with Gasteiger partial charge in [-0.15, -0.1) is 0 Å². The number of amides is 6. The van der Waals surface area contributed by atoms with Crippen molar-refractivity contribution >= 4 is 41.4 Å². The van der Waals surface area contributed by atoms with Crippen molar-refractivity contribution in [2.45, 2.75) is 108 Å². The summed E-state index contributed by atoms with van der Waals surface area (Å²) in [6.07, 6.45) is 3.25. The van der Waals surface area contributed by atoms with Crippen LogP contribution in [0.3, 0.4) is 0 Å². The van der Waals surface area contributed by atoms with Gasteiger partial charge in [0.1, 0.15) is 60.7 Å². The summed E-state index contributed by atoms with van der Waals surface area (Å²) in [5.41, 5.74) is 0.0149. The number of nitrogens with zero attached hydrogens (tertiary/aromatic N) is 3. The number of alkyl halides is 1. The highest BCUT2D eigenvalue weighted by Gasteiger charge is 2.45. The smallest absolute Gasteiger partial charge is 0.329 e. The number of halogens is 3. The van der Waals surface area contributed by atoms with Crippen LogP contribution in [-0.2, 0) is 44.7 Å². The maximum absolute atomic E-state index is 14.7. The largest absolute Gasteiger partial charge is 0.461 e. The van der Waals surface area contributed by atoms with Gasteiger partial charge in [0.15, 0.2) is 0 Å². The number of carbonyl (C=O) groups excluding carboxylic acids is 7. The van der Waals surface area contributed by atoms with Crippen LogP contribution in [0.1, 0.15) is 64.9 Å². The molecule has 3 fully saturated rings. The van der Waals surface area contributed by atoms with Crippen molar-refractivity contribution < 1.29 is 51.5 Å². The van der Waals surface area contributed by atoms with Gasteiger partial charge < -0.3 is 35.4 Å². The van der Waals surface area contributed by atoms with Crippen LogP contribution in [0.25, 0.3) is 0 Å². The molecule has 3 aliphatic heterocycles. The molecule has 3 aliphatic rings. The maximum atomic E-state index is 14.7. The molecule has 7 atom stereocenters. The first-order chi connectivity index (χ1) is 25.1. The molecule has 4 rings (SSSR count). The lowest BCUT2D eigenvalue weighted by atomic mass is 10.0. The molecular formula is C36H47F3N6O8. The van der Waals surface area contributed by atoms with Crippen LogP contribution in [0.15, 0.2) is 30.4 Å². The summed E-state index contributed by atoms with van der Waals surface area (Å²) < 4.78 is 48.3. The lowest BCUT2D eigenvalue weighted by Crippen LogP contribution is -2.60. The molecule has 290 valence electrons. The van der Waals surface area contributed by atoms with Crippen LogP contribution in [0.5, 0.6) is 0 Å². The lowest BCUT2D eigenvalue weighted by Gasteiger charge is -2.34. The van der Waals surface area contributed by atoms with Gasteiger partial charge in [-0.3, -0.25) is 28.8 Å². The molecule has 0 radical (unpaired) electrons. The second kappa shape index (κ2) is 18.2. The van der Waals surface area contributed by atoms with Crippen LogP contribution >= 0.6 is 0 Å². The first-order valence-electron chi connectivity index (χ1n) is 17.8. The minimum absolute atomic E-state index is 0.0149. The fourth-order valence-electron chi connectivity index (χ4n) is 6.60. The molecule has 1 aromatic rings. The zero-order valence-electron chi connectivity index (χ0n) is 30.2. The zero-order valence-corrected chi connectivity index (χ0v) is 30.2. The predicted octanol–water partition coefficient (Wildman–Crippen LogP) is 1.06. The first-order valence-corrected chi connectivity index (χ1v) is 17.8. The summed E-state index contributed by atoms with van der Waals surface area (Å²) in [6.45, 7) is 3.57. The Morgan fingerprint density at radius 2 is 1.72 bits per heavy atom. The number of cyclic esters (lactones) is 1. The number of nitrogens with one attached hydrogen (secondary N) is 3. The topological polar surface area (TPSA) is 175 Å². The third-order valence-electron chi connectivity index (χ3n) is 9.66. The molecule has 0 spiro atoms. The number of hydrogen-bond acceptors (Lipinski definition) is 8. The van der Waals surface area contributed by atoms with Crippen molar-refractivity contribution in [1.29, 1.82) is 0 Å². The van der Waals surface area contributed by atoms with E-state index in [2.05, 4.69) is 16.0 Å². The van der Waals surface area contributed by atoms with E-state index in [0.717, 1.165) is 34.8 Å². The number of rotatable bonds is 9. The SMILES string of the molecule is CCCC/C=C/C(=O)N[C@H](Cc1cc(F)cc(F)c1)C(=O)N[C@H]1COC(=O)[C@@H]2C[C@H](F)CN2C(=O)[C@H](C)NC(=O)[C@H](C)N(C)C(=O)[C@@H]2CCCN2C1=O. The minimum atomic E-state index is -1.66. The third kappa shape index (κ3) is 10.3. The number of esters is 1. The van der Waals surface area contributed by atoms with Crippen molar-refractivity contribution in [3.63, 3.8) is 0 Å². The lowest BCUT2D eigenvalue weighted by molar-refractivity contribution is -0.158. The molecule has 17 heteroatoms. The van der Waals surface area contributed by atoms with Gasteiger partial charge in [0.25, 0.3) is 0 Å². The predicted molar refractivity (Wildman–Crippen MR) is 183 cm³/mol. The number of benzene rings is 1. The van der Waals surface area contributed by atoms with E-state index in [4.69, 9.17) is 4.74 Å². The molecule has 0 aliphatic carbocycles. The highest BCUT2D eigenvalue weighted by atomic mass is 19.1. The van der Waals surface area contributed by atoms with Crippen molar-refractivity contribution in [2.24, 2.45) is 0 Å². The Kier molecular flexibility index (Phi) is 14.0. The van der Waals surface area contributed by atoms with E-state index in [1.54, 1.807) is 6.08 Å². The molecule has 0 aromatic heterocycles. The average Bonchev–Trinajstić information content (AvgIpc) is 3.76. The number of allylic oxidation sites excluding steroid dienone is 1. The highest BCUT2D eigenvalue weighted by Crippen LogP contribution is 2.25. The zero-order chi connectivity index (χ0) is 39.0. The van der Waals surface area contributed by atoms with Crippen LogP contribution in [-0.4, -0.2) is 125 Å². The molecule has 0 unspecified atom stereocenters. The van der Waals surface area contributed by atoms with Crippen LogP contribution in [0.4, 0.5) is 13.2 Å². The van der Waals surface area contributed by atoms with Gasteiger partial charge in [0.05, 0.1) is 6.54 Å². The Bertz CT molecular complexity index is 1590. The molecular weight excluding hydrogens is 701 g/mol. The first kappa shape index (κ1) is 40.8. The van der Waals surface area contributed by atoms with E-state index < -0.39 is 121 Å². The molecule has 3 heterocycles. The number of unbranched alkanes of at least 4 members (excludes halogenated alkanes) is 2. The van der Waals surface area contributed by atoms with E-state index in [1.165, 1.54) is 31.9 Å². The van der Waals surface area contributed by atoms with E-state index in [-0.39, 0.29) is 18.5 Å². The summed E-state index contributed by atoms with van der Waals surface area (Å²) in [6, 6.07) is -5.31. The molecule has 6 amide bonds. The van der Waals surface area contributed by atoms with Crippen molar-refractivity contribution in [1.82, 2.24) is 30.7 Å². The second-order valence-corrected chi connectivity index (χ2v) is 13.7. The van der Waals surface area contributed by atoms with Gasteiger partial charge >= 0.3 is 5.97 Å². The quantitative estimate of drug-likeness (QED) is 0.191. The Balaban J connectivity index is 1.68. The summed E-state index contributed by atoms with van der Waals surface area (Å²) in [7, 11) is 1.37. The fourth-order valence-corrected chi connectivity index (χ4v) is 6.60. The molecule has 3 N–H and O–H groups in total. The molecule has 0 bridgehead atoms. The Hall–Kier alpha value is -4.96. The summed E-state index contributed by atoms with van der Waals surface area (Å²) in [4.78, 5) is 97.7. The van der Waals surface area contributed by atoms with Crippen LogP contribution in [0.2, 0.25) is 0 Å². The average molecular weight is 749 g/mol. The van der Waals surface area contributed by atoms with Crippen molar-refractivity contribution in [3.8, 4) is 0 Å². The fraction of sp³-hybridized carbons (Fsp3) is 0.583. The maximum Gasteiger partial charge on any atom is 0.329 e. The Morgan fingerprint density at radius 3 is 2.40 bits per heavy atom. The van der Waals surface area contributed by atoms with Crippen LogP contribution in [0, 0.1) is 11.6 Å². The monoisotopic (exact) mass is 748 g/mol. The molecule has 1 aromatic carbocycles. The number of carbonyl (C=O) groups is 7. The van der Waals surface area contributed by atoms with Gasteiger partial charge in [-0.2, -0.15) is 0 Å². The summed E-state index contributed by atoms with van der Waals surface area (Å²) in [5.74, 6) is -7.49. The van der Waals surface area contributed by atoms with Gasteiger partial charge in [-0.05, 0) is 56.9 Å². The summed E-state index contributed by atoms with van der Waals surface area (Å²) >= 11 is 0. The minimum Gasteiger partial charge on any atom is -0.461 e.